The first-order valence-corrected chi connectivity index (χ1v) is 10.2. The predicted octanol–water partition coefficient (Wildman–Crippen LogP) is 4.02. The number of aromatic nitrogens is 1. The standard InChI is InChI=1S/C25H19FN4O2/c26-18-8-6-15(7-9-18)10-11-27-24(31)17-12-19-22-20(14-28-30-25(19)32)23(29-21(22)13-17)16-4-2-1-3-5-16/h1-9,12-14,29H,10-11H2,(H,27,31)(H,30,32). The molecular formula is C25H19FN4O2. The molecule has 0 radical (unpaired) electrons. The third-order valence-corrected chi connectivity index (χ3v) is 5.48. The van der Waals surface area contributed by atoms with Crippen molar-refractivity contribution in [3.05, 3.63) is 94.8 Å². The molecule has 1 aliphatic heterocycles. The second kappa shape index (κ2) is 8.11. The average Bonchev–Trinajstić information content (AvgIpc) is 3.09. The summed E-state index contributed by atoms with van der Waals surface area (Å²) in [5.74, 6) is -0.955. The lowest BCUT2D eigenvalue weighted by Crippen LogP contribution is -2.26. The molecule has 0 fully saturated rings. The SMILES string of the molecule is O=C(NCCc1ccc(F)cc1)c1cc2c3c(c(-c4ccccc4)[nH]c3c1)C=NNC2=O. The van der Waals surface area contributed by atoms with Gasteiger partial charge in [0.2, 0.25) is 0 Å². The number of hydrazone groups is 1. The van der Waals surface area contributed by atoms with Gasteiger partial charge in [-0.15, -0.1) is 0 Å². The fraction of sp³-hybridized carbons (Fsp3) is 0.0800. The Morgan fingerprint density at radius 3 is 2.59 bits per heavy atom. The van der Waals surface area contributed by atoms with Crippen LogP contribution in [0.4, 0.5) is 4.39 Å². The summed E-state index contributed by atoms with van der Waals surface area (Å²) in [6.45, 7) is 0.387. The van der Waals surface area contributed by atoms with Gasteiger partial charge in [-0.25, -0.2) is 9.82 Å². The van der Waals surface area contributed by atoms with Crippen LogP contribution >= 0.6 is 0 Å². The second-order valence-electron chi connectivity index (χ2n) is 7.56. The highest BCUT2D eigenvalue weighted by Crippen LogP contribution is 2.33. The van der Waals surface area contributed by atoms with E-state index in [1.165, 1.54) is 12.1 Å². The van der Waals surface area contributed by atoms with Crippen LogP contribution in [0.5, 0.6) is 0 Å². The number of aromatic amines is 1. The van der Waals surface area contributed by atoms with Crippen molar-refractivity contribution in [2.75, 3.05) is 6.54 Å². The molecule has 7 heteroatoms. The van der Waals surface area contributed by atoms with Crippen LogP contribution in [0.2, 0.25) is 0 Å². The van der Waals surface area contributed by atoms with Crippen LogP contribution in [0, 0.1) is 5.82 Å². The maximum atomic E-state index is 13.0. The molecule has 0 bridgehead atoms. The van der Waals surface area contributed by atoms with Crippen LogP contribution in [-0.4, -0.2) is 29.6 Å². The number of nitrogens with zero attached hydrogens (tertiary/aromatic N) is 1. The van der Waals surface area contributed by atoms with Crippen LogP contribution in [-0.2, 0) is 6.42 Å². The first-order chi connectivity index (χ1) is 15.6. The van der Waals surface area contributed by atoms with Crippen molar-refractivity contribution in [1.82, 2.24) is 15.7 Å². The number of carbonyl (C=O) groups is 2. The molecule has 0 atom stereocenters. The van der Waals surface area contributed by atoms with Crippen molar-refractivity contribution >= 4 is 28.9 Å². The van der Waals surface area contributed by atoms with Gasteiger partial charge < -0.3 is 10.3 Å². The van der Waals surface area contributed by atoms with Crippen molar-refractivity contribution in [3.63, 3.8) is 0 Å². The molecule has 3 aromatic carbocycles. The maximum Gasteiger partial charge on any atom is 0.272 e. The van der Waals surface area contributed by atoms with Gasteiger partial charge in [0.05, 0.1) is 17.5 Å². The van der Waals surface area contributed by atoms with E-state index in [4.69, 9.17) is 0 Å². The van der Waals surface area contributed by atoms with Crippen LogP contribution in [0.25, 0.3) is 22.2 Å². The van der Waals surface area contributed by atoms with E-state index < -0.39 is 0 Å². The molecule has 1 aromatic heterocycles. The third-order valence-electron chi connectivity index (χ3n) is 5.48. The topological polar surface area (TPSA) is 86.3 Å². The summed E-state index contributed by atoms with van der Waals surface area (Å²) in [6.07, 6.45) is 2.19. The van der Waals surface area contributed by atoms with Gasteiger partial charge >= 0.3 is 0 Å². The largest absolute Gasteiger partial charge is 0.354 e. The number of benzene rings is 3. The Bertz CT molecular complexity index is 1360. The molecule has 3 N–H and O–H groups in total. The van der Waals surface area contributed by atoms with Gasteiger partial charge in [-0.2, -0.15) is 5.10 Å². The van der Waals surface area contributed by atoms with Crippen molar-refractivity contribution in [3.8, 4) is 11.3 Å². The minimum atomic E-state index is -0.371. The number of H-pyrrole nitrogens is 1. The molecule has 0 aliphatic carbocycles. The van der Waals surface area contributed by atoms with E-state index in [-0.39, 0.29) is 17.6 Å². The Balaban J connectivity index is 1.47. The van der Waals surface area contributed by atoms with E-state index in [2.05, 4.69) is 20.8 Å². The molecule has 4 aromatic rings. The smallest absolute Gasteiger partial charge is 0.272 e. The number of halogens is 1. The molecule has 1 aliphatic rings. The third kappa shape index (κ3) is 3.65. The summed E-state index contributed by atoms with van der Waals surface area (Å²) in [5.41, 5.74) is 7.45. The van der Waals surface area contributed by atoms with Gasteiger partial charge in [0.25, 0.3) is 11.8 Å². The van der Waals surface area contributed by atoms with E-state index in [0.29, 0.717) is 29.6 Å². The van der Waals surface area contributed by atoms with E-state index in [1.54, 1.807) is 30.5 Å². The molecular weight excluding hydrogens is 407 g/mol. The minimum absolute atomic E-state index is 0.291. The molecule has 2 heterocycles. The van der Waals surface area contributed by atoms with Crippen LogP contribution in [0.1, 0.15) is 31.8 Å². The predicted molar refractivity (Wildman–Crippen MR) is 121 cm³/mol. The highest BCUT2D eigenvalue weighted by molar-refractivity contribution is 6.18. The van der Waals surface area contributed by atoms with Gasteiger partial charge in [-0.1, -0.05) is 42.5 Å². The summed E-state index contributed by atoms with van der Waals surface area (Å²) in [5, 5.41) is 7.64. The second-order valence-corrected chi connectivity index (χ2v) is 7.56. The lowest BCUT2D eigenvalue weighted by molar-refractivity contribution is 0.0954. The van der Waals surface area contributed by atoms with E-state index in [0.717, 1.165) is 27.8 Å². The molecule has 6 nitrogen and oxygen atoms in total. The Hall–Kier alpha value is -4.26. The fourth-order valence-electron chi connectivity index (χ4n) is 3.92. The van der Waals surface area contributed by atoms with Crippen LogP contribution in [0.15, 0.2) is 71.8 Å². The quantitative estimate of drug-likeness (QED) is 0.450. The van der Waals surface area contributed by atoms with E-state index in [9.17, 15) is 14.0 Å². The van der Waals surface area contributed by atoms with Gasteiger partial charge in [-0.3, -0.25) is 9.59 Å². The normalized spacial score (nSPS) is 12.5. The van der Waals surface area contributed by atoms with Gasteiger partial charge in [0.15, 0.2) is 0 Å². The summed E-state index contributed by atoms with van der Waals surface area (Å²) >= 11 is 0. The molecule has 0 unspecified atom stereocenters. The van der Waals surface area contributed by atoms with Crippen molar-refractivity contribution in [1.29, 1.82) is 0 Å². The van der Waals surface area contributed by atoms with Crippen molar-refractivity contribution in [2.45, 2.75) is 6.42 Å². The van der Waals surface area contributed by atoms with E-state index >= 15 is 0 Å². The molecule has 5 rings (SSSR count). The van der Waals surface area contributed by atoms with Gasteiger partial charge in [0, 0.05) is 28.6 Å². The molecule has 0 spiro atoms. The zero-order chi connectivity index (χ0) is 22.1. The first-order valence-electron chi connectivity index (χ1n) is 10.2. The minimum Gasteiger partial charge on any atom is -0.354 e. The lowest BCUT2D eigenvalue weighted by Gasteiger charge is -2.08. The lowest BCUT2D eigenvalue weighted by atomic mass is 10.00. The summed E-state index contributed by atoms with van der Waals surface area (Å²) in [7, 11) is 0. The van der Waals surface area contributed by atoms with Crippen molar-refractivity contribution in [2.24, 2.45) is 5.10 Å². The molecule has 158 valence electrons. The number of hydrogen-bond donors (Lipinski definition) is 3. The molecule has 32 heavy (non-hydrogen) atoms. The monoisotopic (exact) mass is 426 g/mol. The Morgan fingerprint density at radius 1 is 1.03 bits per heavy atom. The number of hydrogen-bond acceptors (Lipinski definition) is 3. The average molecular weight is 426 g/mol. The number of amides is 2. The highest BCUT2D eigenvalue weighted by atomic mass is 19.1. The zero-order valence-electron chi connectivity index (χ0n) is 17.0. The number of carbonyl (C=O) groups excluding carboxylic acids is 2. The van der Waals surface area contributed by atoms with Crippen LogP contribution in [0.3, 0.4) is 0 Å². The molecule has 0 saturated heterocycles. The summed E-state index contributed by atoms with van der Waals surface area (Å²) in [6, 6.07) is 19.3. The van der Waals surface area contributed by atoms with E-state index in [1.807, 2.05) is 30.3 Å². The Labute approximate surface area is 183 Å². The fourth-order valence-corrected chi connectivity index (χ4v) is 3.92. The van der Waals surface area contributed by atoms with Crippen LogP contribution < -0.4 is 10.7 Å². The summed E-state index contributed by atoms with van der Waals surface area (Å²) < 4.78 is 13.0. The Kier molecular flexibility index (Phi) is 4.99. The Morgan fingerprint density at radius 2 is 1.81 bits per heavy atom. The van der Waals surface area contributed by atoms with Gasteiger partial charge in [-0.05, 0) is 41.8 Å². The van der Waals surface area contributed by atoms with Gasteiger partial charge in [0.1, 0.15) is 5.82 Å². The highest BCUT2D eigenvalue weighted by Gasteiger charge is 2.23. The van der Waals surface area contributed by atoms with Crippen molar-refractivity contribution < 1.29 is 14.0 Å². The maximum absolute atomic E-state index is 13.0. The summed E-state index contributed by atoms with van der Waals surface area (Å²) in [4.78, 5) is 28.8. The number of nitrogens with one attached hydrogen (secondary N) is 3. The molecule has 0 saturated carbocycles. The zero-order valence-corrected chi connectivity index (χ0v) is 17.0. The molecule has 2 amide bonds. The first kappa shape index (κ1) is 19.7. The number of rotatable bonds is 5.